The fourth-order valence-electron chi connectivity index (χ4n) is 2.65. The van der Waals surface area contributed by atoms with Crippen molar-refractivity contribution in [1.29, 1.82) is 0 Å². The van der Waals surface area contributed by atoms with Crippen LogP contribution in [-0.2, 0) is 0 Å². The van der Waals surface area contributed by atoms with Crippen molar-refractivity contribution < 1.29 is 0 Å². The first-order valence-corrected chi connectivity index (χ1v) is 6.00. The number of hydrogen-bond donors (Lipinski definition) is 1. The molecular formula is C13H27N. The summed E-state index contributed by atoms with van der Waals surface area (Å²) in [4.78, 5) is 0. The Morgan fingerprint density at radius 3 is 1.86 bits per heavy atom. The van der Waals surface area contributed by atoms with E-state index < -0.39 is 0 Å². The summed E-state index contributed by atoms with van der Waals surface area (Å²) in [6.45, 7) is 11.5. The average molecular weight is 197 g/mol. The van der Waals surface area contributed by atoms with Crippen LogP contribution in [0.3, 0.4) is 0 Å². The Labute approximate surface area is 89.5 Å². The molecule has 0 radical (unpaired) electrons. The third kappa shape index (κ3) is 2.98. The molecule has 0 bridgehead atoms. The summed E-state index contributed by atoms with van der Waals surface area (Å²) in [5.41, 5.74) is 6.70. The first-order valence-electron chi connectivity index (χ1n) is 6.00. The summed E-state index contributed by atoms with van der Waals surface area (Å²) in [7, 11) is 0. The molecule has 1 saturated carbocycles. The van der Waals surface area contributed by atoms with Crippen molar-refractivity contribution in [2.24, 2.45) is 23.0 Å². The molecule has 1 heteroatoms. The minimum atomic E-state index is 0.0178. The highest BCUT2D eigenvalue weighted by atomic mass is 14.7. The van der Waals surface area contributed by atoms with Crippen LogP contribution < -0.4 is 5.73 Å². The molecule has 0 aromatic heterocycles. The average Bonchev–Trinajstić information content (AvgIpc) is 2.01. The van der Waals surface area contributed by atoms with Crippen molar-refractivity contribution in [1.82, 2.24) is 0 Å². The van der Waals surface area contributed by atoms with Gasteiger partial charge in [-0.25, -0.2) is 0 Å². The first-order chi connectivity index (χ1) is 6.21. The lowest BCUT2D eigenvalue weighted by molar-refractivity contribution is 0.109. The highest BCUT2D eigenvalue weighted by Crippen LogP contribution is 2.42. The molecule has 1 rings (SSSR count). The zero-order valence-corrected chi connectivity index (χ0v) is 10.6. The Balaban J connectivity index is 2.61. The number of nitrogens with two attached hydrogens (primary N) is 1. The highest BCUT2D eigenvalue weighted by molar-refractivity contribution is 4.89. The van der Waals surface area contributed by atoms with E-state index in [4.69, 9.17) is 5.73 Å². The fourth-order valence-corrected chi connectivity index (χ4v) is 2.65. The van der Waals surface area contributed by atoms with Crippen LogP contribution in [0.25, 0.3) is 0 Å². The van der Waals surface area contributed by atoms with E-state index in [2.05, 4.69) is 34.6 Å². The van der Waals surface area contributed by atoms with Crippen molar-refractivity contribution >= 4 is 0 Å². The van der Waals surface area contributed by atoms with Crippen LogP contribution in [0, 0.1) is 17.3 Å². The van der Waals surface area contributed by atoms with Gasteiger partial charge in [0.1, 0.15) is 0 Å². The zero-order valence-electron chi connectivity index (χ0n) is 10.6. The molecule has 2 N–H and O–H groups in total. The molecule has 0 spiro atoms. The van der Waals surface area contributed by atoms with Gasteiger partial charge in [-0.2, -0.15) is 0 Å². The molecule has 14 heavy (non-hydrogen) atoms. The number of rotatable bonds is 1. The maximum absolute atomic E-state index is 6.22. The van der Waals surface area contributed by atoms with Gasteiger partial charge in [-0.1, -0.05) is 27.2 Å². The largest absolute Gasteiger partial charge is 0.325 e. The van der Waals surface area contributed by atoms with E-state index in [-0.39, 0.29) is 5.54 Å². The Bertz CT molecular complexity index is 162. The van der Waals surface area contributed by atoms with E-state index in [1.165, 1.54) is 25.7 Å². The van der Waals surface area contributed by atoms with Crippen molar-refractivity contribution in [3.05, 3.63) is 0 Å². The Morgan fingerprint density at radius 2 is 1.43 bits per heavy atom. The second kappa shape index (κ2) is 3.84. The van der Waals surface area contributed by atoms with Crippen molar-refractivity contribution in [3.8, 4) is 0 Å². The molecule has 2 unspecified atom stereocenters. The van der Waals surface area contributed by atoms with Gasteiger partial charge in [-0.15, -0.1) is 0 Å². The van der Waals surface area contributed by atoms with E-state index in [0.717, 1.165) is 11.8 Å². The van der Waals surface area contributed by atoms with Gasteiger partial charge in [0.05, 0.1) is 0 Å². The molecule has 1 aliphatic carbocycles. The third-order valence-electron chi connectivity index (χ3n) is 3.95. The minimum absolute atomic E-state index is 0.0178. The van der Waals surface area contributed by atoms with Gasteiger partial charge in [-0.3, -0.25) is 0 Å². The summed E-state index contributed by atoms with van der Waals surface area (Å²) in [6, 6.07) is 0. The molecule has 0 amide bonds. The van der Waals surface area contributed by atoms with Crippen LogP contribution in [-0.4, -0.2) is 5.54 Å². The minimum Gasteiger partial charge on any atom is -0.325 e. The molecule has 1 aliphatic rings. The van der Waals surface area contributed by atoms with E-state index >= 15 is 0 Å². The molecule has 84 valence electrons. The van der Waals surface area contributed by atoms with Gasteiger partial charge in [0.15, 0.2) is 0 Å². The molecule has 1 nitrogen and oxygen atoms in total. The summed E-state index contributed by atoms with van der Waals surface area (Å²) < 4.78 is 0. The number of hydrogen-bond acceptors (Lipinski definition) is 1. The maximum atomic E-state index is 6.22. The predicted octanol–water partition coefficient (Wildman–Crippen LogP) is 3.58. The third-order valence-corrected chi connectivity index (χ3v) is 3.95. The predicted molar refractivity (Wildman–Crippen MR) is 63.2 cm³/mol. The van der Waals surface area contributed by atoms with E-state index in [1.54, 1.807) is 0 Å². The molecule has 0 heterocycles. The van der Waals surface area contributed by atoms with E-state index in [0.29, 0.717) is 5.41 Å². The second-order valence-electron chi connectivity index (χ2n) is 6.75. The van der Waals surface area contributed by atoms with E-state index in [1.807, 2.05) is 0 Å². The standard InChI is InChI=1S/C13H27N/c1-12(2,3)10-7-6-8-11(9-10)13(4,5)14/h10-11H,6-9,14H2,1-5H3. The van der Waals surface area contributed by atoms with Crippen LogP contribution in [0.1, 0.15) is 60.3 Å². The quantitative estimate of drug-likeness (QED) is 0.683. The lowest BCUT2D eigenvalue weighted by Crippen LogP contribution is -2.44. The summed E-state index contributed by atoms with van der Waals surface area (Å²) in [6.07, 6.45) is 5.42. The van der Waals surface area contributed by atoms with Gasteiger partial charge < -0.3 is 5.73 Å². The zero-order chi connectivity index (χ0) is 11.0. The Morgan fingerprint density at radius 1 is 0.929 bits per heavy atom. The summed E-state index contributed by atoms with van der Waals surface area (Å²) in [5.74, 6) is 1.59. The van der Waals surface area contributed by atoms with Crippen molar-refractivity contribution in [3.63, 3.8) is 0 Å². The smallest absolute Gasteiger partial charge is 0.0125 e. The van der Waals surface area contributed by atoms with Crippen LogP contribution in [0.15, 0.2) is 0 Å². The van der Waals surface area contributed by atoms with Crippen molar-refractivity contribution in [2.45, 2.75) is 65.8 Å². The normalized spacial score (nSPS) is 30.4. The monoisotopic (exact) mass is 197 g/mol. The highest BCUT2D eigenvalue weighted by Gasteiger charge is 2.35. The van der Waals surface area contributed by atoms with Gasteiger partial charge >= 0.3 is 0 Å². The molecule has 0 aromatic rings. The Hall–Kier alpha value is -0.0400. The molecule has 0 aromatic carbocycles. The summed E-state index contributed by atoms with van der Waals surface area (Å²) >= 11 is 0. The second-order valence-corrected chi connectivity index (χ2v) is 6.75. The van der Waals surface area contributed by atoms with Crippen LogP contribution in [0.4, 0.5) is 0 Å². The topological polar surface area (TPSA) is 26.0 Å². The van der Waals surface area contributed by atoms with Crippen LogP contribution in [0.5, 0.6) is 0 Å². The summed E-state index contributed by atoms with van der Waals surface area (Å²) in [5, 5.41) is 0. The molecule has 2 atom stereocenters. The fraction of sp³-hybridized carbons (Fsp3) is 1.00. The van der Waals surface area contributed by atoms with Crippen LogP contribution in [0.2, 0.25) is 0 Å². The lowest BCUT2D eigenvalue weighted by atomic mass is 9.65. The van der Waals surface area contributed by atoms with Gasteiger partial charge in [-0.05, 0) is 50.4 Å². The molecule has 0 saturated heterocycles. The molecular weight excluding hydrogens is 170 g/mol. The lowest BCUT2D eigenvalue weighted by Gasteiger charge is -2.42. The maximum Gasteiger partial charge on any atom is 0.0125 e. The van der Waals surface area contributed by atoms with Gasteiger partial charge in [0.25, 0.3) is 0 Å². The first kappa shape index (κ1) is 12.0. The molecule has 0 aliphatic heterocycles. The Kier molecular flexibility index (Phi) is 3.30. The van der Waals surface area contributed by atoms with E-state index in [9.17, 15) is 0 Å². The van der Waals surface area contributed by atoms with Gasteiger partial charge in [0, 0.05) is 5.54 Å². The molecule has 1 fully saturated rings. The van der Waals surface area contributed by atoms with Crippen molar-refractivity contribution in [2.75, 3.05) is 0 Å². The van der Waals surface area contributed by atoms with Crippen LogP contribution >= 0.6 is 0 Å². The SMILES string of the molecule is CC(C)(C)C1CCCC(C(C)(C)N)C1. The van der Waals surface area contributed by atoms with Gasteiger partial charge in [0.2, 0.25) is 0 Å².